The number of hydrogen-bond donors (Lipinski definition) is 1. The molecule has 1 aromatic rings. The Labute approximate surface area is 137 Å². The van der Waals surface area contributed by atoms with E-state index < -0.39 is 12.0 Å². The first-order chi connectivity index (χ1) is 10.6. The van der Waals surface area contributed by atoms with Gasteiger partial charge in [-0.05, 0) is 49.0 Å². The van der Waals surface area contributed by atoms with Crippen LogP contribution in [0.15, 0.2) is 24.3 Å². The Morgan fingerprint density at radius 1 is 1.27 bits per heavy atom. The molecule has 122 valence electrons. The van der Waals surface area contributed by atoms with Crippen LogP contribution in [-0.4, -0.2) is 37.0 Å². The van der Waals surface area contributed by atoms with Crippen molar-refractivity contribution in [1.29, 1.82) is 0 Å². The van der Waals surface area contributed by atoms with E-state index in [1.807, 2.05) is 30.5 Å². The van der Waals surface area contributed by atoms with Crippen molar-refractivity contribution in [2.45, 2.75) is 38.6 Å². The van der Waals surface area contributed by atoms with Crippen molar-refractivity contribution in [3.05, 3.63) is 35.4 Å². The van der Waals surface area contributed by atoms with E-state index in [0.717, 1.165) is 25.0 Å². The Kier molecular flexibility index (Phi) is 8.67. The maximum Gasteiger partial charge on any atom is 0.328 e. The number of rotatable bonds is 9. The number of aryl methyl sites for hydroxylation is 1. The summed E-state index contributed by atoms with van der Waals surface area (Å²) in [5.41, 5.74) is 1.80. The second kappa shape index (κ2) is 10.3. The molecule has 0 heterocycles. The van der Waals surface area contributed by atoms with Crippen molar-refractivity contribution in [2.75, 3.05) is 19.1 Å². The molecule has 0 aliphatic carbocycles. The number of unbranched alkanes of at least 4 members (excludes halogenated alkanes) is 1. The third-order valence-electron chi connectivity index (χ3n) is 3.44. The van der Waals surface area contributed by atoms with E-state index >= 15 is 0 Å². The van der Waals surface area contributed by atoms with Crippen molar-refractivity contribution in [1.82, 2.24) is 5.32 Å². The number of hydrogen-bond acceptors (Lipinski definition) is 4. The molecule has 0 aliphatic rings. The second-order valence-corrected chi connectivity index (χ2v) is 6.12. The van der Waals surface area contributed by atoms with Crippen LogP contribution in [0, 0.1) is 0 Å². The fourth-order valence-electron chi connectivity index (χ4n) is 2.07. The molecule has 1 atom stereocenters. The van der Waals surface area contributed by atoms with E-state index in [9.17, 15) is 9.59 Å². The van der Waals surface area contributed by atoms with Gasteiger partial charge in [-0.15, -0.1) is 0 Å². The lowest BCUT2D eigenvalue weighted by atomic mass is 10.1. The molecule has 22 heavy (non-hydrogen) atoms. The van der Waals surface area contributed by atoms with Gasteiger partial charge >= 0.3 is 5.97 Å². The monoisotopic (exact) mass is 323 g/mol. The van der Waals surface area contributed by atoms with Crippen LogP contribution in [-0.2, 0) is 16.0 Å². The molecule has 0 aromatic heterocycles. The summed E-state index contributed by atoms with van der Waals surface area (Å²) >= 11 is 1.63. The summed E-state index contributed by atoms with van der Waals surface area (Å²) in [7, 11) is 1.34. The van der Waals surface area contributed by atoms with Gasteiger partial charge in [0.2, 0.25) is 0 Å². The average Bonchev–Trinajstić information content (AvgIpc) is 2.56. The van der Waals surface area contributed by atoms with E-state index in [0.29, 0.717) is 12.0 Å². The van der Waals surface area contributed by atoms with Gasteiger partial charge in [-0.1, -0.05) is 25.5 Å². The van der Waals surface area contributed by atoms with Crippen LogP contribution in [0.1, 0.15) is 42.1 Å². The Hall–Kier alpha value is -1.49. The standard InChI is InChI=1S/C17H25NO3S/c1-4-5-6-13-7-9-14(10-8-13)16(19)18-15(11-12-22-3)17(20)21-2/h7-10,15H,4-6,11-12H2,1-3H3,(H,18,19)/t15-/m0/s1. The van der Waals surface area contributed by atoms with Crippen LogP contribution in [0.25, 0.3) is 0 Å². The molecular formula is C17H25NO3S. The maximum absolute atomic E-state index is 12.2. The number of esters is 1. The first kappa shape index (κ1) is 18.6. The first-order valence-electron chi connectivity index (χ1n) is 7.59. The molecule has 0 saturated heterocycles. The SMILES string of the molecule is CCCCc1ccc(C(=O)N[C@@H](CCSC)C(=O)OC)cc1. The number of thioether (sulfide) groups is 1. The number of methoxy groups -OCH3 is 1. The molecule has 0 saturated carbocycles. The molecule has 0 fully saturated rings. The minimum absolute atomic E-state index is 0.237. The molecule has 4 nitrogen and oxygen atoms in total. The van der Waals surface area contributed by atoms with Crippen molar-refractivity contribution < 1.29 is 14.3 Å². The molecule has 1 amide bonds. The van der Waals surface area contributed by atoms with Gasteiger partial charge < -0.3 is 10.1 Å². The smallest absolute Gasteiger partial charge is 0.328 e. The van der Waals surface area contributed by atoms with Crippen molar-refractivity contribution in [3.63, 3.8) is 0 Å². The van der Waals surface area contributed by atoms with Gasteiger partial charge in [0.05, 0.1) is 7.11 Å². The van der Waals surface area contributed by atoms with Crippen LogP contribution < -0.4 is 5.32 Å². The minimum Gasteiger partial charge on any atom is -0.467 e. The highest BCUT2D eigenvalue weighted by Gasteiger charge is 2.21. The summed E-state index contributed by atoms with van der Waals surface area (Å²) in [6, 6.07) is 6.97. The highest BCUT2D eigenvalue weighted by molar-refractivity contribution is 7.98. The summed E-state index contributed by atoms with van der Waals surface area (Å²) in [4.78, 5) is 23.9. The fourth-order valence-corrected chi connectivity index (χ4v) is 2.54. The molecule has 0 radical (unpaired) electrons. The molecule has 1 rings (SSSR count). The zero-order valence-electron chi connectivity index (χ0n) is 13.6. The molecule has 0 aliphatic heterocycles. The summed E-state index contributed by atoms with van der Waals surface area (Å²) in [6.07, 6.45) is 5.85. The maximum atomic E-state index is 12.2. The average molecular weight is 323 g/mol. The Balaban J connectivity index is 2.66. The molecule has 0 bridgehead atoms. The van der Waals surface area contributed by atoms with Gasteiger partial charge in [-0.3, -0.25) is 4.79 Å². The predicted octanol–water partition coefficient (Wildman–Crippen LogP) is 3.05. The quantitative estimate of drug-likeness (QED) is 0.710. The van der Waals surface area contributed by atoms with Crippen molar-refractivity contribution in [3.8, 4) is 0 Å². The number of amides is 1. The summed E-state index contributed by atoms with van der Waals surface area (Å²) in [5.74, 6) is 0.149. The van der Waals surface area contributed by atoms with E-state index in [1.165, 1.54) is 12.7 Å². The minimum atomic E-state index is -0.593. The topological polar surface area (TPSA) is 55.4 Å². The number of carbonyl (C=O) groups excluding carboxylic acids is 2. The zero-order chi connectivity index (χ0) is 16.4. The molecule has 1 aromatic carbocycles. The molecule has 5 heteroatoms. The third kappa shape index (κ3) is 6.10. The van der Waals surface area contributed by atoms with Gasteiger partial charge in [0.25, 0.3) is 5.91 Å². The van der Waals surface area contributed by atoms with Crippen molar-refractivity contribution >= 4 is 23.6 Å². The largest absolute Gasteiger partial charge is 0.467 e. The van der Waals surface area contributed by atoms with Gasteiger partial charge in [-0.2, -0.15) is 11.8 Å². The highest BCUT2D eigenvalue weighted by atomic mass is 32.2. The Morgan fingerprint density at radius 3 is 2.50 bits per heavy atom. The summed E-state index contributed by atoms with van der Waals surface area (Å²) in [5, 5.41) is 2.75. The summed E-state index contributed by atoms with van der Waals surface area (Å²) in [6.45, 7) is 2.16. The van der Waals surface area contributed by atoms with Gasteiger partial charge in [0, 0.05) is 5.56 Å². The van der Waals surface area contributed by atoms with E-state index in [4.69, 9.17) is 4.74 Å². The molecule has 0 unspecified atom stereocenters. The number of benzene rings is 1. The van der Waals surface area contributed by atoms with Crippen LogP contribution in [0.2, 0.25) is 0 Å². The Bertz CT molecular complexity index is 473. The molecule has 0 spiro atoms. The van der Waals surface area contributed by atoms with Crippen LogP contribution in [0.3, 0.4) is 0 Å². The van der Waals surface area contributed by atoms with Gasteiger partial charge in [0.15, 0.2) is 0 Å². The Morgan fingerprint density at radius 2 is 1.95 bits per heavy atom. The lowest BCUT2D eigenvalue weighted by molar-refractivity contribution is -0.142. The molecular weight excluding hydrogens is 298 g/mol. The first-order valence-corrected chi connectivity index (χ1v) is 8.98. The number of nitrogens with one attached hydrogen (secondary N) is 1. The van der Waals surface area contributed by atoms with E-state index in [2.05, 4.69) is 12.2 Å². The lowest BCUT2D eigenvalue weighted by Crippen LogP contribution is -2.41. The van der Waals surface area contributed by atoms with Crippen LogP contribution in [0.4, 0.5) is 0 Å². The van der Waals surface area contributed by atoms with Crippen LogP contribution in [0.5, 0.6) is 0 Å². The highest BCUT2D eigenvalue weighted by Crippen LogP contribution is 2.09. The second-order valence-electron chi connectivity index (χ2n) is 5.13. The van der Waals surface area contributed by atoms with Crippen molar-refractivity contribution in [2.24, 2.45) is 0 Å². The lowest BCUT2D eigenvalue weighted by Gasteiger charge is -2.16. The number of carbonyl (C=O) groups is 2. The van der Waals surface area contributed by atoms with E-state index in [-0.39, 0.29) is 5.91 Å². The predicted molar refractivity (Wildman–Crippen MR) is 91.3 cm³/mol. The normalized spacial score (nSPS) is 11.8. The number of ether oxygens (including phenoxy) is 1. The summed E-state index contributed by atoms with van der Waals surface area (Å²) < 4.78 is 4.75. The van der Waals surface area contributed by atoms with E-state index in [1.54, 1.807) is 11.8 Å². The van der Waals surface area contributed by atoms with Crippen LogP contribution >= 0.6 is 11.8 Å². The van der Waals surface area contributed by atoms with Gasteiger partial charge in [-0.25, -0.2) is 4.79 Å². The molecule has 1 N–H and O–H groups in total. The fraction of sp³-hybridized carbons (Fsp3) is 0.529. The van der Waals surface area contributed by atoms with Gasteiger partial charge in [0.1, 0.15) is 6.04 Å². The third-order valence-corrected chi connectivity index (χ3v) is 4.08. The zero-order valence-corrected chi connectivity index (χ0v) is 14.4.